The Morgan fingerprint density at radius 1 is 0.655 bits per heavy atom. The van der Waals surface area contributed by atoms with Crippen LogP contribution in [0.3, 0.4) is 0 Å². The Bertz CT molecular complexity index is 1480. The lowest BCUT2D eigenvalue weighted by Crippen LogP contribution is -1.94. The van der Waals surface area contributed by atoms with Gasteiger partial charge in [0.05, 0.1) is 16.9 Å². The summed E-state index contributed by atoms with van der Waals surface area (Å²) in [4.78, 5) is 13.3. The fraction of sp³-hybridized carbons (Fsp3) is 0. The summed E-state index contributed by atoms with van der Waals surface area (Å²) in [5, 5.41) is 4.60. The molecule has 3 nitrogen and oxygen atoms in total. The number of benzene rings is 3. The first-order chi connectivity index (χ1) is 14.4. The van der Waals surface area contributed by atoms with E-state index in [-0.39, 0.29) is 0 Å². The van der Waals surface area contributed by atoms with Crippen molar-refractivity contribution in [2.45, 2.75) is 0 Å². The molecule has 0 atom stereocenters. The number of nitrogens with zero attached hydrogens (tertiary/aromatic N) is 2. The molecule has 3 heteroatoms. The Labute approximate surface area is 167 Å². The number of aromatic nitrogens is 3. The largest absolute Gasteiger partial charge is 0.354 e. The monoisotopic (exact) mass is 371 g/mol. The van der Waals surface area contributed by atoms with Crippen molar-refractivity contribution < 1.29 is 0 Å². The predicted molar refractivity (Wildman–Crippen MR) is 120 cm³/mol. The molecule has 3 aromatic carbocycles. The van der Waals surface area contributed by atoms with E-state index in [0.29, 0.717) is 0 Å². The normalized spacial score (nSPS) is 11.4. The second-order valence-electron chi connectivity index (χ2n) is 7.23. The van der Waals surface area contributed by atoms with Gasteiger partial charge in [-0.05, 0) is 29.7 Å². The summed E-state index contributed by atoms with van der Waals surface area (Å²) in [6, 6.07) is 31.3. The third-order valence-corrected chi connectivity index (χ3v) is 5.44. The highest BCUT2D eigenvalue weighted by atomic mass is 14.8. The average molecular weight is 371 g/mol. The van der Waals surface area contributed by atoms with Crippen molar-refractivity contribution in [2.75, 3.05) is 0 Å². The maximum absolute atomic E-state index is 4.92. The summed E-state index contributed by atoms with van der Waals surface area (Å²) in [6.45, 7) is 0. The number of nitrogens with one attached hydrogen (secondary N) is 1. The minimum Gasteiger partial charge on any atom is -0.354 e. The topological polar surface area (TPSA) is 41.6 Å². The molecule has 0 bridgehead atoms. The fourth-order valence-corrected chi connectivity index (χ4v) is 4.04. The third-order valence-electron chi connectivity index (χ3n) is 5.44. The number of pyridine rings is 2. The number of fused-ring (bicyclic) bond motifs is 3. The molecule has 0 fully saturated rings. The van der Waals surface area contributed by atoms with Crippen molar-refractivity contribution in [1.29, 1.82) is 0 Å². The molecular weight excluding hydrogens is 354 g/mol. The van der Waals surface area contributed by atoms with E-state index < -0.39 is 0 Å². The van der Waals surface area contributed by atoms with E-state index in [4.69, 9.17) is 9.97 Å². The van der Waals surface area contributed by atoms with E-state index in [9.17, 15) is 0 Å². The minimum absolute atomic E-state index is 0.878. The van der Waals surface area contributed by atoms with Gasteiger partial charge in [-0.3, -0.25) is 4.98 Å². The molecule has 0 spiro atoms. The van der Waals surface area contributed by atoms with Crippen LogP contribution in [0, 0.1) is 0 Å². The Hall–Kier alpha value is -3.98. The van der Waals surface area contributed by atoms with Crippen LogP contribution in [0.15, 0.2) is 97.2 Å². The minimum atomic E-state index is 0.878. The van der Waals surface area contributed by atoms with E-state index in [1.807, 2.05) is 30.5 Å². The summed E-state index contributed by atoms with van der Waals surface area (Å²) < 4.78 is 0. The zero-order chi connectivity index (χ0) is 19.2. The standard InChI is InChI=1S/C26H17N3/c1-4-10-20-19(9-1)16-27-26(23-14-13-17-7-2-5-11-21(17)28-23)25(20)24-15-18-8-3-6-12-22(18)29-24/h1-16,29H. The lowest BCUT2D eigenvalue weighted by atomic mass is 9.99. The van der Waals surface area contributed by atoms with Crippen LogP contribution in [-0.4, -0.2) is 15.0 Å². The van der Waals surface area contributed by atoms with Gasteiger partial charge in [-0.2, -0.15) is 0 Å². The summed E-state index contributed by atoms with van der Waals surface area (Å²) in [7, 11) is 0. The fourth-order valence-electron chi connectivity index (χ4n) is 4.04. The van der Waals surface area contributed by atoms with Crippen molar-refractivity contribution in [3.63, 3.8) is 0 Å². The highest BCUT2D eigenvalue weighted by Gasteiger charge is 2.16. The molecule has 0 radical (unpaired) electrons. The summed E-state index contributed by atoms with van der Waals surface area (Å²) in [6.07, 6.45) is 1.94. The van der Waals surface area contributed by atoms with E-state index in [2.05, 4.69) is 71.7 Å². The van der Waals surface area contributed by atoms with Crippen molar-refractivity contribution in [2.24, 2.45) is 0 Å². The molecule has 0 saturated carbocycles. The molecular formula is C26H17N3. The Balaban J connectivity index is 1.68. The molecule has 1 N–H and O–H groups in total. The van der Waals surface area contributed by atoms with Crippen molar-refractivity contribution in [1.82, 2.24) is 15.0 Å². The van der Waals surface area contributed by atoms with Gasteiger partial charge in [0.25, 0.3) is 0 Å². The first-order valence-corrected chi connectivity index (χ1v) is 9.69. The first-order valence-electron chi connectivity index (χ1n) is 9.69. The van der Waals surface area contributed by atoms with Crippen molar-refractivity contribution >= 4 is 32.6 Å². The molecule has 3 aromatic heterocycles. The molecule has 0 unspecified atom stereocenters. The summed E-state index contributed by atoms with van der Waals surface area (Å²) in [5.41, 5.74) is 6.00. The molecule has 3 heterocycles. The van der Waals surface area contributed by atoms with Crippen LogP contribution < -0.4 is 0 Å². The van der Waals surface area contributed by atoms with Gasteiger partial charge in [0.1, 0.15) is 0 Å². The molecule has 6 rings (SSSR count). The molecule has 0 saturated heterocycles. The molecule has 0 aliphatic carbocycles. The predicted octanol–water partition coefficient (Wildman–Crippen LogP) is 6.60. The van der Waals surface area contributed by atoms with Crippen LogP contribution in [0.25, 0.3) is 55.2 Å². The maximum Gasteiger partial charge on any atom is 0.0986 e. The van der Waals surface area contributed by atoms with Gasteiger partial charge in [0, 0.05) is 39.1 Å². The van der Waals surface area contributed by atoms with Gasteiger partial charge in [-0.25, -0.2) is 4.98 Å². The smallest absolute Gasteiger partial charge is 0.0986 e. The second-order valence-corrected chi connectivity index (χ2v) is 7.23. The van der Waals surface area contributed by atoms with Gasteiger partial charge in [-0.1, -0.05) is 66.7 Å². The van der Waals surface area contributed by atoms with Gasteiger partial charge in [-0.15, -0.1) is 0 Å². The van der Waals surface area contributed by atoms with Gasteiger partial charge in [0.15, 0.2) is 0 Å². The first kappa shape index (κ1) is 16.0. The molecule has 6 aromatic rings. The quantitative estimate of drug-likeness (QED) is 0.373. The number of H-pyrrole nitrogens is 1. The van der Waals surface area contributed by atoms with E-state index >= 15 is 0 Å². The number of hydrogen-bond acceptors (Lipinski definition) is 2. The third kappa shape index (κ3) is 2.59. The number of rotatable bonds is 2. The van der Waals surface area contributed by atoms with Crippen LogP contribution in [0.4, 0.5) is 0 Å². The number of aromatic amines is 1. The van der Waals surface area contributed by atoms with Crippen molar-refractivity contribution in [3.05, 3.63) is 97.2 Å². The van der Waals surface area contributed by atoms with Crippen LogP contribution >= 0.6 is 0 Å². The highest BCUT2D eigenvalue weighted by molar-refractivity contribution is 6.03. The lowest BCUT2D eigenvalue weighted by molar-refractivity contribution is 1.29. The highest BCUT2D eigenvalue weighted by Crippen LogP contribution is 2.37. The van der Waals surface area contributed by atoms with Crippen LogP contribution in [0.2, 0.25) is 0 Å². The van der Waals surface area contributed by atoms with Crippen LogP contribution in [-0.2, 0) is 0 Å². The maximum atomic E-state index is 4.92. The van der Waals surface area contributed by atoms with Crippen LogP contribution in [0.1, 0.15) is 0 Å². The van der Waals surface area contributed by atoms with Crippen LogP contribution in [0.5, 0.6) is 0 Å². The number of para-hydroxylation sites is 2. The zero-order valence-corrected chi connectivity index (χ0v) is 15.6. The van der Waals surface area contributed by atoms with E-state index in [0.717, 1.165) is 44.5 Å². The Kier molecular flexibility index (Phi) is 3.47. The van der Waals surface area contributed by atoms with Crippen molar-refractivity contribution in [3.8, 4) is 22.6 Å². The SMILES string of the molecule is c1ccc2nc(-c3ncc4ccccc4c3-c3cc4ccccc4[nH]3)ccc2c1. The molecule has 0 aliphatic rings. The average Bonchev–Trinajstić information content (AvgIpc) is 3.22. The molecule has 0 amide bonds. The summed E-state index contributed by atoms with van der Waals surface area (Å²) >= 11 is 0. The van der Waals surface area contributed by atoms with E-state index in [1.165, 1.54) is 10.8 Å². The van der Waals surface area contributed by atoms with Gasteiger partial charge >= 0.3 is 0 Å². The summed E-state index contributed by atoms with van der Waals surface area (Å²) in [5.74, 6) is 0. The lowest BCUT2D eigenvalue weighted by Gasteiger charge is -2.11. The Morgan fingerprint density at radius 3 is 2.31 bits per heavy atom. The molecule has 29 heavy (non-hydrogen) atoms. The zero-order valence-electron chi connectivity index (χ0n) is 15.6. The van der Waals surface area contributed by atoms with Gasteiger partial charge in [0.2, 0.25) is 0 Å². The number of hydrogen-bond donors (Lipinski definition) is 1. The molecule has 0 aliphatic heterocycles. The molecule has 136 valence electrons. The Morgan fingerprint density at radius 2 is 1.41 bits per heavy atom. The van der Waals surface area contributed by atoms with E-state index in [1.54, 1.807) is 0 Å². The second kappa shape index (κ2) is 6.28. The van der Waals surface area contributed by atoms with Gasteiger partial charge < -0.3 is 4.98 Å².